The summed E-state index contributed by atoms with van der Waals surface area (Å²) in [5.41, 5.74) is 1.64. The van der Waals surface area contributed by atoms with Gasteiger partial charge in [0.1, 0.15) is 29.5 Å². The van der Waals surface area contributed by atoms with Crippen molar-refractivity contribution in [1.82, 2.24) is 9.97 Å². The molecule has 3 aromatic rings. The molecular formula is C20H21ClN4O3. The summed E-state index contributed by atoms with van der Waals surface area (Å²) >= 11 is 5.93. The summed E-state index contributed by atoms with van der Waals surface area (Å²) in [5.74, 6) is 2.47. The Bertz CT molecular complexity index is 922. The molecule has 0 aliphatic carbocycles. The van der Waals surface area contributed by atoms with Gasteiger partial charge in [0.05, 0.1) is 32.6 Å². The topological polar surface area (TPSA) is 88.5 Å². The molecule has 3 N–H and O–H groups in total. The molecule has 0 radical (unpaired) electrons. The Morgan fingerprint density at radius 2 is 1.75 bits per heavy atom. The summed E-state index contributed by atoms with van der Waals surface area (Å²) in [6, 6.07) is 14.2. The highest BCUT2D eigenvalue weighted by Gasteiger charge is 2.12. The van der Waals surface area contributed by atoms with Crippen molar-refractivity contribution in [1.29, 1.82) is 0 Å². The highest BCUT2D eigenvalue weighted by Crippen LogP contribution is 2.31. The number of aliphatic hydroxyl groups is 1. The molecule has 0 bridgehead atoms. The number of aromatic nitrogens is 2. The van der Waals surface area contributed by atoms with Crippen molar-refractivity contribution in [3.63, 3.8) is 0 Å². The molecule has 146 valence electrons. The van der Waals surface area contributed by atoms with E-state index in [2.05, 4.69) is 20.6 Å². The van der Waals surface area contributed by atoms with Crippen molar-refractivity contribution in [2.45, 2.75) is 6.04 Å². The first-order valence-corrected chi connectivity index (χ1v) is 8.94. The van der Waals surface area contributed by atoms with Gasteiger partial charge in [-0.25, -0.2) is 9.97 Å². The van der Waals surface area contributed by atoms with Gasteiger partial charge in [-0.3, -0.25) is 0 Å². The molecule has 8 heteroatoms. The average Bonchev–Trinajstić information content (AvgIpc) is 2.73. The van der Waals surface area contributed by atoms with E-state index in [1.165, 1.54) is 6.33 Å². The van der Waals surface area contributed by atoms with Gasteiger partial charge in [0.25, 0.3) is 0 Å². The zero-order valence-electron chi connectivity index (χ0n) is 15.5. The van der Waals surface area contributed by atoms with Gasteiger partial charge in [-0.2, -0.15) is 0 Å². The summed E-state index contributed by atoms with van der Waals surface area (Å²) < 4.78 is 10.6. The van der Waals surface area contributed by atoms with Gasteiger partial charge in [0.15, 0.2) is 0 Å². The van der Waals surface area contributed by atoms with Crippen molar-refractivity contribution in [2.75, 3.05) is 31.5 Å². The summed E-state index contributed by atoms with van der Waals surface area (Å²) in [7, 11) is 3.19. The molecule has 0 saturated carbocycles. The fourth-order valence-electron chi connectivity index (χ4n) is 2.65. The number of anilines is 3. The van der Waals surface area contributed by atoms with E-state index in [1.54, 1.807) is 38.5 Å². The van der Waals surface area contributed by atoms with Gasteiger partial charge < -0.3 is 25.2 Å². The molecule has 7 nitrogen and oxygen atoms in total. The number of methoxy groups -OCH3 is 2. The minimum absolute atomic E-state index is 0.0965. The first-order valence-electron chi connectivity index (χ1n) is 8.57. The highest BCUT2D eigenvalue weighted by molar-refractivity contribution is 6.30. The highest BCUT2D eigenvalue weighted by atomic mass is 35.5. The second-order valence-electron chi connectivity index (χ2n) is 5.91. The van der Waals surface area contributed by atoms with Crippen LogP contribution in [0, 0.1) is 0 Å². The Kier molecular flexibility index (Phi) is 6.52. The average molecular weight is 401 g/mol. The second kappa shape index (κ2) is 9.25. The first kappa shape index (κ1) is 19.7. The minimum Gasteiger partial charge on any atom is -0.497 e. The predicted molar refractivity (Wildman–Crippen MR) is 110 cm³/mol. The van der Waals surface area contributed by atoms with Crippen LogP contribution in [-0.2, 0) is 0 Å². The van der Waals surface area contributed by atoms with Crippen molar-refractivity contribution >= 4 is 28.9 Å². The molecule has 0 fully saturated rings. The van der Waals surface area contributed by atoms with Gasteiger partial charge in [-0.15, -0.1) is 0 Å². The van der Waals surface area contributed by atoms with Crippen LogP contribution in [0.5, 0.6) is 11.5 Å². The lowest BCUT2D eigenvalue weighted by Crippen LogP contribution is -2.15. The van der Waals surface area contributed by atoms with Crippen molar-refractivity contribution in [3.05, 3.63) is 65.4 Å². The molecule has 0 amide bonds. The fraction of sp³-hybridized carbons (Fsp3) is 0.200. The van der Waals surface area contributed by atoms with Crippen molar-refractivity contribution in [2.24, 2.45) is 0 Å². The zero-order chi connectivity index (χ0) is 19.9. The Labute approximate surface area is 168 Å². The predicted octanol–water partition coefficient (Wildman–Crippen LogP) is 4.04. The number of nitrogens with zero attached hydrogens (tertiary/aromatic N) is 2. The zero-order valence-corrected chi connectivity index (χ0v) is 16.3. The number of ether oxygens (including phenoxy) is 2. The first-order chi connectivity index (χ1) is 13.6. The van der Waals surface area contributed by atoms with E-state index in [4.69, 9.17) is 21.1 Å². The molecule has 0 saturated heterocycles. The van der Waals surface area contributed by atoms with Crippen molar-refractivity contribution < 1.29 is 14.6 Å². The summed E-state index contributed by atoms with van der Waals surface area (Å²) in [4.78, 5) is 8.47. The third kappa shape index (κ3) is 4.82. The Morgan fingerprint density at radius 3 is 2.43 bits per heavy atom. The molecular weight excluding hydrogens is 380 g/mol. The van der Waals surface area contributed by atoms with Crippen LogP contribution < -0.4 is 20.1 Å². The van der Waals surface area contributed by atoms with Gasteiger partial charge in [-0.05, 0) is 29.8 Å². The van der Waals surface area contributed by atoms with Crippen LogP contribution in [0.1, 0.15) is 11.6 Å². The van der Waals surface area contributed by atoms with E-state index in [-0.39, 0.29) is 12.6 Å². The molecule has 0 aliphatic rings. The quantitative estimate of drug-likeness (QED) is 0.526. The lowest BCUT2D eigenvalue weighted by atomic mass is 10.1. The molecule has 1 unspecified atom stereocenters. The number of hydrogen-bond donors (Lipinski definition) is 3. The molecule has 1 aromatic heterocycles. The van der Waals surface area contributed by atoms with Crippen LogP contribution in [0.25, 0.3) is 0 Å². The van der Waals surface area contributed by atoms with Gasteiger partial charge >= 0.3 is 0 Å². The van der Waals surface area contributed by atoms with E-state index in [9.17, 15) is 5.11 Å². The molecule has 1 heterocycles. The number of aliphatic hydroxyl groups excluding tert-OH is 1. The SMILES string of the molecule is COc1ccc(Nc2cc(NC(CO)c3ccc(Cl)cc3)ncn2)c(OC)c1. The molecule has 3 rings (SSSR count). The summed E-state index contributed by atoms with van der Waals surface area (Å²) in [6.45, 7) is -0.0965. The number of benzene rings is 2. The van der Waals surface area contributed by atoms with Crippen LogP contribution >= 0.6 is 11.6 Å². The van der Waals surface area contributed by atoms with Crippen LogP contribution in [0.2, 0.25) is 5.02 Å². The van der Waals surface area contributed by atoms with Crippen LogP contribution in [0.3, 0.4) is 0 Å². The number of halogens is 1. The Hall–Kier alpha value is -3.03. The van der Waals surface area contributed by atoms with Crippen LogP contribution in [0.4, 0.5) is 17.3 Å². The molecule has 0 aliphatic heterocycles. The minimum atomic E-state index is -0.324. The van der Waals surface area contributed by atoms with E-state index in [0.29, 0.717) is 28.2 Å². The fourth-order valence-corrected chi connectivity index (χ4v) is 2.78. The van der Waals surface area contributed by atoms with Gasteiger partial charge in [-0.1, -0.05) is 23.7 Å². The lowest BCUT2D eigenvalue weighted by molar-refractivity contribution is 0.276. The molecule has 1 atom stereocenters. The van der Waals surface area contributed by atoms with Crippen LogP contribution in [-0.4, -0.2) is 35.9 Å². The number of hydrogen-bond acceptors (Lipinski definition) is 7. The third-order valence-electron chi connectivity index (χ3n) is 4.12. The van der Waals surface area contributed by atoms with Crippen LogP contribution in [0.15, 0.2) is 54.9 Å². The maximum Gasteiger partial charge on any atom is 0.146 e. The molecule has 2 aromatic carbocycles. The number of nitrogens with one attached hydrogen (secondary N) is 2. The second-order valence-corrected chi connectivity index (χ2v) is 6.35. The van der Waals surface area contributed by atoms with Gasteiger partial charge in [0.2, 0.25) is 0 Å². The van der Waals surface area contributed by atoms with Crippen molar-refractivity contribution in [3.8, 4) is 11.5 Å². The maximum atomic E-state index is 9.75. The lowest BCUT2D eigenvalue weighted by Gasteiger charge is -2.18. The number of rotatable bonds is 8. The third-order valence-corrected chi connectivity index (χ3v) is 4.37. The monoisotopic (exact) mass is 400 g/mol. The molecule has 0 spiro atoms. The van der Waals surface area contributed by atoms with Gasteiger partial charge in [0, 0.05) is 17.2 Å². The maximum absolute atomic E-state index is 9.75. The standard InChI is InChI=1S/C20H21ClN4O3/c1-27-15-7-8-16(18(9-15)28-2)24-19-10-20(23-12-22-19)25-17(11-26)13-3-5-14(21)6-4-13/h3-10,12,17,26H,11H2,1-2H3,(H2,22,23,24,25). The van der Waals surface area contributed by atoms with E-state index >= 15 is 0 Å². The Balaban J connectivity index is 1.77. The van der Waals surface area contributed by atoms with E-state index in [1.807, 2.05) is 24.3 Å². The smallest absolute Gasteiger partial charge is 0.146 e. The Morgan fingerprint density at radius 1 is 1.00 bits per heavy atom. The largest absolute Gasteiger partial charge is 0.497 e. The van der Waals surface area contributed by atoms with E-state index < -0.39 is 0 Å². The normalized spacial score (nSPS) is 11.6. The van der Waals surface area contributed by atoms with E-state index in [0.717, 1.165) is 11.3 Å². The summed E-state index contributed by atoms with van der Waals surface area (Å²) in [5, 5.41) is 16.8. The summed E-state index contributed by atoms with van der Waals surface area (Å²) in [6.07, 6.45) is 1.44. The molecule has 28 heavy (non-hydrogen) atoms.